The van der Waals surface area contributed by atoms with E-state index in [1.165, 1.54) is 55.5 Å². The molecular weight excluding hydrogens is 292 g/mol. The number of benzene rings is 2. The van der Waals surface area contributed by atoms with Crippen molar-refractivity contribution in [2.45, 2.75) is 31.7 Å². The molecule has 1 saturated carbocycles. The fraction of sp³-hybridized carbons (Fsp3) is 0.455. The van der Waals surface area contributed by atoms with Crippen LogP contribution in [0.3, 0.4) is 0 Å². The summed E-state index contributed by atoms with van der Waals surface area (Å²) in [5.41, 5.74) is 4.20. The van der Waals surface area contributed by atoms with Gasteiger partial charge in [0.25, 0.3) is 0 Å². The Balaban J connectivity index is 1.66. The van der Waals surface area contributed by atoms with Crippen LogP contribution in [0.25, 0.3) is 11.1 Å². The van der Waals surface area contributed by atoms with Crippen LogP contribution >= 0.6 is 0 Å². The Hall–Kier alpha value is -1.64. The molecule has 1 N–H and O–H groups in total. The number of rotatable bonds is 4. The Labute approximate surface area is 145 Å². The van der Waals surface area contributed by atoms with Gasteiger partial charge in [0.05, 0.1) is 0 Å². The van der Waals surface area contributed by atoms with Gasteiger partial charge in [0.15, 0.2) is 0 Å². The molecule has 2 nitrogen and oxygen atoms in total. The Morgan fingerprint density at radius 3 is 2.29 bits per heavy atom. The zero-order chi connectivity index (χ0) is 16.2. The maximum absolute atomic E-state index is 3.51. The summed E-state index contributed by atoms with van der Waals surface area (Å²) in [6, 6.07) is 20.7. The molecule has 2 aromatic rings. The van der Waals surface area contributed by atoms with Crippen LogP contribution in [0.15, 0.2) is 54.6 Å². The first-order valence-corrected chi connectivity index (χ1v) is 9.52. The molecule has 0 radical (unpaired) electrons. The highest BCUT2D eigenvalue weighted by Gasteiger charge is 2.31. The minimum Gasteiger partial charge on any atom is -0.314 e. The maximum atomic E-state index is 3.51. The first kappa shape index (κ1) is 15.9. The average molecular weight is 320 g/mol. The summed E-state index contributed by atoms with van der Waals surface area (Å²) < 4.78 is 0. The Morgan fingerprint density at radius 1 is 0.833 bits per heavy atom. The number of piperazine rings is 1. The van der Waals surface area contributed by atoms with Gasteiger partial charge < -0.3 is 5.32 Å². The summed E-state index contributed by atoms with van der Waals surface area (Å²) in [7, 11) is 0. The molecule has 2 aromatic carbocycles. The average Bonchev–Trinajstić information content (AvgIpc) is 3.18. The van der Waals surface area contributed by atoms with Crippen molar-refractivity contribution in [3.63, 3.8) is 0 Å². The zero-order valence-electron chi connectivity index (χ0n) is 14.5. The van der Waals surface area contributed by atoms with Crippen molar-refractivity contribution in [2.75, 3.05) is 26.2 Å². The van der Waals surface area contributed by atoms with Crippen molar-refractivity contribution in [1.29, 1.82) is 0 Å². The first-order chi connectivity index (χ1) is 11.9. The Morgan fingerprint density at radius 2 is 1.54 bits per heavy atom. The molecule has 0 spiro atoms. The van der Waals surface area contributed by atoms with Gasteiger partial charge in [-0.15, -0.1) is 0 Å². The number of nitrogens with one attached hydrogen (secondary N) is 1. The van der Waals surface area contributed by atoms with E-state index in [1.54, 1.807) is 0 Å². The van der Waals surface area contributed by atoms with E-state index in [9.17, 15) is 0 Å². The fourth-order valence-electron chi connectivity index (χ4n) is 4.55. The fourth-order valence-corrected chi connectivity index (χ4v) is 4.55. The van der Waals surface area contributed by atoms with E-state index < -0.39 is 0 Å². The SMILES string of the molecule is c1ccc(-c2cccc([C@@H](C3CCCC3)N3CCNCC3)c2)cc1. The third kappa shape index (κ3) is 3.40. The highest BCUT2D eigenvalue weighted by Crippen LogP contribution is 2.40. The zero-order valence-corrected chi connectivity index (χ0v) is 14.5. The second kappa shape index (κ2) is 7.50. The van der Waals surface area contributed by atoms with Gasteiger partial charge in [-0.2, -0.15) is 0 Å². The van der Waals surface area contributed by atoms with Crippen LogP contribution in [0.4, 0.5) is 0 Å². The summed E-state index contributed by atoms with van der Waals surface area (Å²) in [6.45, 7) is 4.61. The minimum absolute atomic E-state index is 0.596. The van der Waals surface area contributed by atoms with Crippen LogP contribution < -0.4 is 5.32 Å². The lowest BCUT2D eigenvalue weighted by atomic mass is 9.88. The van der Waals surface area contributed by atoms with E-state index in [2.05, 4.69) is 64.8 Å². The third-order valence-corrected chi connectivity index (χ3v) is 5.73. The molecule has 0 unspecified atom stereocenters. The first-order valence-electron chi connectivity index (χ1n) is 9.52. The number of hydrogen-bond donors (Lipinski definition) is 1. The molecule has 1 atom stereocenters. The molecule has 126 valence electrons. The van der Waals surface area contributed by atoms with Crippen molar-refractivity contribution in [1.82, 2.24) is 10.2 Å². The van der Waals surface area contributed by atoms with E-state index in [4.69, 9.17) is 0 Å². The Bertz CT molecular complexity index is 640. The lowest BCUT2D eigenvalue weighted by Crippen LogP contribution is -2.46. The molecule has 0 amide bonds. The lowest BCUT2D eigenvalue weighted by Gasteiger charge is -2.39. The highest BCUT2D eigenvalue weighted by atomic mass is 15.2. The van der Waals surface area contributed by atoms with Crippen LogP contribution in [-0.2, 0) is 0 Å². The van der Waals surface area contributed by atoms with E-state index in [0.717, 1.165) is 19.0 Å². The van der Waals surface area contributed by atoms with E-state index in [-0.39, 0.29) is 0 Å². The molecule has 1 aliphatic carbocycles. The van der Waals surface area contributed by atoms with Crippen molar-refractivity contribution in [3.05, 3.63) is 60.2 Å². The summed E-state index contributed by atoms with van der Waals surface area (Å²) >= 11 is 0. The minimum atomic E-state index is 0.596. The van der Waals surface area contributed by atoms with Crippen molar-refractivity contribution < 1.29 is 0 Å². The number of hydrogen-bond acceptors (Lipinski definition) is 2. The molecule has 1 heterocycles. The molecule has 1 aliphatic heterocycles. The lowest BCUT2D eigenvalue weighted by molar-refractivity contribution is 0.125. The molecule has 2 fully saturated rings. The molecule has 4 rings (SSSR count). The molecule has 24 heavy (non-hydrogen) atoms. The normalized spacial score (nSPS) is 21.0. The van der Waals surface area contributed by atoms with Gasteiger partial charge >= 0.3 is 0 Å². The monoisotopic (exact) mass is 320 g/mol. The van der Waals surface area contributed by atoms with Crippen LogP contribution in [0.5, 0.6) is 0 Å². The van der Waals surface area contributed by atoms with Gasteiger partial charge in [0.1, 0.15) is 0 Å². The quantitative estimate of drug-likeness (QED) is 0.893. The molecular formula is C22H28N2. The van der Waals surface area contributed by atoms with Gasteiger partial charge in [-0.25, -0.2) is 0 Å². The number of nitrogens with zero attached hydrogens (tertiary/aromatic N) is 1. The molecule has 2 heteroatoms. The second-order valence-electron chi connectivity index (χ2n) is 7.27. The second-order valence-corrected chi connectivity index (χ2v) is 7.27. The van der Waals surface area contributed by atoms with Crippen LogP contribution in [-0.4, -0.2) is 31.1 Å². The maximum Gasteiger partial charge on any atom is 0.0377 e. The van der Waals surface area contributed by atoms with Gasteiger partial charge in [-0.1, -0.05) is 61.4 Å². The molecule has 2 aliphatic rings. The summed E-state index contributed by atoms with van der Waals surface area (Å²) in [5.74, 6) is 0.828. The van der Waals surface area contributed by atoms with Gasteiger partial charge in [-0.05, 0) is 41.5 Å². The van der Waals surface area contributed by atoms with Gasteiger partial charge in [0.2, 0.25) is 0 Å². The Kier molecular flexibility index (Phi) is 4.96. The summed E-state index contributed by atoms with van der Waals surface area (Å²) in [5, 5.41) is 3.51. The van der Waals surface area contributed by atoms with E-state index >= 15 is 0 Å². The highest BCUT2D eigenvalue weighted by molar-refractivity contribution is 5.64. The summed E-state index contributed by atoms with van der Waals surface area (Å²) in [4.78, 5) is 2.73. The summed E-state index contributed by atoms with van der Waals surface area (Å²) in [6.07, 6.45) is 5.60. The molecule has 1 saturated heterocycles. The third-order valence-electron chi connectivity index (χ3n) is 5.73. The predicted molar refractivity (Wildman–Crippen MR) is 101 cm³/mol. The van der Waals surface area contributed by atoms with Crippen LogP contribution in [0.2, 0.25) is 0 Å². The standard InChI is InChI=1S/C22H28N2/c1-2-7-18(8-3-1)20-11-6-12-21(17-20)22(19-9-4-5-10-19)24-15-13-23-14-16-24/h1-3,6-8,11-12,17,19,22-23H,4-5,9-10,13-16H2/t22-/m1/s1. The van der Waals surface area contributed by atoms with E-state index in [0.29, 0.717) is 6.04 Å². The topological polar surface area (TPSA) is 15.3 Å². The van der Waals surface area contributed by atoms with Crippen molar-refractivity contribution in [2.24, 2.45) is 5.92 Å². The smallest absolute Gasteiger partial charge is 0.0377 e. The van der Waals surface area contributed by atoms with Crippen molar-refractivity contribution >= 4 is 0 Å². The van der Waals surface area contributed by atoms with Gasteiger partial charge in [0, 0.05) is 32.2 Å². The van der Waals surface area contributed by atoms with Crippen LogP contribution in [0.1, 0.15) is 37.3 Å². The molecule has 0 aromatic heterocycles. The van der Waals surface area contributed by atoms with Crippen molar-refractivity contribution in [3.8, 4) is 11.1 Å². The van der Waals surface area contributed by atoms with E-state index in [1.807, 2.05) is 0 Å². The van der Waals surface area contributed by atoms with Crippen LogP contribution in [0, 0.1) is 5.92 Å². The largest absolute Gasteiger partial charge is 0.314 e. The predicted octanol–water partition coefficient (Wildman–Crippen LogP) is 4.49. The molecule has 0 bridgehead atoms. The van der Waals surface area contributed by atoms with Gasteiger partial charge in [-0.3, -0.25) is 4.90 Å².